The van der Waals surface area contributed by atoms with E-state index in [4.69, 9.17) is 11.6 Å². The van der Waals surface area contributed by atoms with Gasteiger partial charge in [0.2, 0.25) is 0 Å². The molecule has 1 amide bonds. The maximum absolute atomic E-state index is 12.8. The van der Waals surface area contributed by atoms with Gasteiger partial charge in [0.1, 0.15) is 5.69 Å². The Morgan fingerprint density at radius 3 is 2.35 bits per heavy atom. The number of amides is 1. The fraction of sp³-hybridized carbons (Fsp3) is 0.316. The number of benzene rings is 1. The smallest absolute Gasteiger partial charge is 0.305 e. The maximum Gasteiger partial charge on any atom is 0.305 e. The number of nitrogens with one attached hydrogen (secondary N) is 2. The normalized spacial score (nSPS) is 11.8. The zero-order valence-electron chi connectivity index (χ0n) is 14.9. The van der Waals surface area contributed by atoms with Crippen LogP contribution < -0.4 is 5.32 Å². The summed E-state index contributed by atoms with van der Waals surface area (Å²) in [7, 11) is 0. The van der Waals surface area contributed by atoms with E-state index in [2.05, 4.69) is 10.3 Å². The van der Waals surface area contributed by atoms with E-state index >= 15 is 0 Å². The number of carboxylic acid groups (broad SMARTS) is 1. The number of carbonyl (C=O) groups excluding carboxylic acids is 2. The molecule has 0 aliphatic rings. The summed E-state index contributed by atoms with van der Waals surface area (Å²) in [5.41, 5.74) is 2.70. The Kier molecular flexibility index (Phi) is 6.21. The van der Waals surface area contributed by atoms with Gasteiger partial charge in [0.05, 0.1) is 12.5 Å². The van der Waals surface area contributed by atoms with Crippen LogP contribution >= 0.6 is 11.6 Å². The minimum absolute atomic E-state index is 0.116. The molecule has 0 radical (unpaired) electrons. The Hall–Kier alpha value is -2.60. The maximum atomic E-state index is 12.8. The van der Waals surface area contributed by atoms with Crippen LogP contribution in [0, 0.1) is 6.92 Å². The Morgan fingerprint density at radius 2 is 1.85 bits per heavy atom. The third kappa shape index (κ3) is 4.32. The molecule has 0 fully saturated rings. The number of rotatable bonds is 7. The lowest BCUT2D eigenvalue weighted by Crippen LogP contribution is -2.31. The highest BCUT2D eigenvalue weighted by Crippen LogP contribution is 2.23. The van der Waals surface area contributed by atoms with E-state index in [0.29, 0.717) is 39.5 Å². The average Bonchev–Trinajstić information content (AvgIpc) is 2.91. The lowest BCUT2D eigenvalue weighted by atomic mass is 10.0. The number of carbonyl (C=O) groups is 3. The molecule has 2 aromatic rings. The number of H-pyrrole nitrogens is 1. The number of hydrogen-bond acceptors (Lipinski definition) is 3. The first-order valence-corrected chi connectivity index (χ1v) is 8.62. The zero-order chi connectivity index (χ0) is 19.4. The third-order valence-corrected chi connectivity index (χ3v) is 4.43. The second-order valence-corrected chi connectivity index (χ2v) is 6.50. The summed E-state index contributed by atoms with van der Waals surface area (Å²) in [5.74, 6) is -1.60. The van der Waals surface area contributed by atoms with Gasteiger partial charge < -0.3 is 15.4 Å². The molecule has 1 aromatic heterocycles. The van der Waals surface area contributed by atoms with Crippen molar-refractivity contribution in [3.05, 3.63) is 57.4 Å². The molecule has 1 atom stereocenters. The van der Waals surface area contributed by atoms with Crippen molar-refractivity contribution in [1.29, 1.82) is 0 Å². The van der Waals surface area contributed by atoms with Crippen LogP contribution in [0.2, 0.25) is 5.02 Å². The number of carboxylic acids is 1. The first kappa shape index (κ1) is 19.7. The van der Waals surface area contributed by atoms with Crippen LogP contribution in [0.4, 0.5) is 0 Å². The molecule has 2 rings (SSSR count). The molecule has 0 bridgehead atoms. The van der Waals surface area contributed by atoms with Crippen LogP contribution in [-0.4, -0.2) is 27.8 Å². The van der Waals surface area contributed by atoms with E-state index in [1.807, 2.05) is 6.92 Å². The van der Waals surface area contributed by atoms with Gasteiger partial charge in [-0.1, -0.05) is 30.7 Å². The van der Waals surface area contributed by atoms with Crippen molar-refractivity contribution >= 4 is 29.3 Å². The van der Waals surface area contributed by atoms with Crippen LogP contribution in [0.5, 0.6) is 0 Å². The SMILES string of the molecule is CCc1c(C(=O)N[C@@H](CC(=O)O)c2ccc(Cl)cc2)[nH]c(C)c1C(C)=O. The Morgan fingerprint density at radius 1 is 1.23 bits per heavy atom. The highest BCUT2D eigenvalue weighted by atomic mass is 35.5. The molecule has 0 aliphatic heterocycles. The number of Topliss-reactive ketones (excluding diaryl/α,β-unsaturated/α-hetero) is 1. The predicted octanol–water partition coefficient (Wildman–Crippen LogP) is 3.69. The minimum atomic E-state index is -1.03. The Labute approximate surface area is 156 Å². The van der Waals surface area contributed by atoms with Crippen molar-refractivity contribution in [3.8, 4) is 0 Å². The van der Waals surface area contributed by atoms with Crippen LogP contribution in [0.1, 0.15) is 64.0 Å². The van der Waals surface area contributed by atoms with E-state index in [9.17, 15) is 19.5 Å². The molecule has 0 aliphatic carbocycles. The Balaban J connectivity index is 2.35. The largest absolute Gasteiger partial charge is 0.481 e. The number of aromatic amines is 1. The summed E-state index contributed by atoms with van der Waals surface area (Å²) in [6, 6.07) is 5.92. The quantitative estimate of drug-likeness (QED) is 0.641. The second-order valence-electron chi connectivity index (χ2n) is 6.06. The number of hydrogen-bond donors (Lipinski definition) is 3. The van der Waals surface area contributed by atoms with Gasteiger partial charge in [0, 0.05) is 16.3 Å². The zero-order valence-corrected chi connectivity index (χ0v) is 15.6. The first-order valence-electron chi connectivity index (χ1n) is 8.25. The second kappa shape index (κ2) is 8.19. The van der Waals surface area contributed by atoms with Gasteiger partial charge in [0.15, 0.2) is 5.78 Å². The number of halogens is 1. The molecule has 0 unspecified atom stereocenters. The van der Waals surface area contributed by atoms with E-state index in [1.54, 1.807) is 31.2 Å². The van der Waals surface area contributed by atoms with Gasteiger partial charge in [-0.05, 0) is 43.5 Å². The third-order valence-electron chi connectivity index (χ3n) is 4.18. The molecule has 1 heterocycles. The summed E-state index contributed by atoms with van der Waals surface area (Å²) < 4.78 is 0. The van der Waals surface area contributed by atoms with Crippen molar-refractivity contribution in [2.45, 2.75) is 39.7 Å². The number of aryl methyl sites for hydroxylation is 1. The van der Waals surface area contributed by atoms with E-state index in [1.165, 1.54) is 6.92 Å². The van der Waals surface area contributed by atoms with Crippen LogP contribution in [-0.2, 0) is 11.2 Å². The molecule has 26 heavy (non-hydrogen) atoms. The van der Waals surface area contributed by atoms with Gasteiger partial charge in [-0.25, -0.2) is 0 Å². The van der Waals surface area contributed by atoms with Crippen molar-refractivity contribution in [3.63, 3.8) is 0 Å². The monoisotopic (exact) mass is 376 g/mol. The van der Waals surface area contributed by atoms with Gasteiger partial charge >= 0.3 is 5.97 Å². The van der Waals surface area contributed by atoms with Crippen molar-refractivity contribution in [1.82, 2.24) is 10.3 Å². The minimum Gasteiger partial charge on any atom is -0.481 e. The van der Waals surface area contributed by atoms with Crippen molar-refractivity contribution in [2.24, 2.45) is 0 Å². The fourth-order valence-corrected chi connectivity index (χ4v) is 3.18. The topological polar surface area (TPSA) is 99.3 Å². The van der Waals surface area contributed by atoms with Gasteiger partial charge in [0.25, 0.3) is 5.91 Å². The molecule has 0 saturated heterocycles. The van der Waals surface area contributed by atoms with Crippen LogP contribution in [0.15, 0.2) is 24.3 Å². The van der Waals surface area contributed by atoms with Crippen molar-refractivity contribution in [2.75, 3.05) is 0 Å². The van der Waals surface area contributed by atoms with E-state index in [0.717, 1.165) is 0 Å². The van der Waals surface area contributed by atoms with Crippen LogP contribution in [0.3, 0.4) is 0 Å². The molecule has 0 spiro atoms. The molecule has 7 heteroatoms. The average molecular weight is 377 g/mol. The van der Waals surface area contributed by atoms with E-state index in [-0.39, 0.29) is 12.2 Å². The summed E-state index contributed by atoms with van der Waals surface area (Å²) in [5, 5.41) is 12.4. The summed E-state index contributed by atoms with van der Waals surface area (Å²) in [6.07, 6.45) is 0.237. The van der Waals surface area contributed by atoms with Gasteiger partial charge in [-0.2, -0.15) is 0 Å². The molecular weight excluding hydrogens is 356 g/mol. The molecule has 0 saturated carbocycles. The lowest BCUT2D eigenvalue weighted by molar-refractivity contribution is -0.137. The van der Waals surface area contributed by atoms with Crippen LogP contribution in [0.25, 0.3) is 0 Å². The van der Waals surface area contributed by atoms with E-state index < -0.39 is 17.9 Å². The standard InChI is InChI=1S/C19H21ClN2O4/c1-4-14-17(11(3)23)10(2)21-18(14)19(26)22-15(9-16(24)25)12-5-7-13(20)8-6-12/h5-8,15,21H,4,9H2,1-3H3,(H,22,26)(H,24,25)/t15-/m0/s1. The van der Waals surface area contributed by atoms with Crippen molar-refractivity contribution < 1.29 is 19.5 Å². The molecule has 3 N–H and O–H groups in total. The first-order chi connectivity index (χ1) is 12.2. The fourth-order valence-electron chi connectivity index (χ4n) is 3.05. The lowest BCUT2D eigenvalue weighted by Gasteiger charge is -2.18. The molecule has 138 valence electrons. The van der Waals surface area contributed by atoms with Gasteiger partial charge in [-0.15, -0.1) is 0 Å². The highest BCUT2D eigenvalue weighted by molar-refractivity contribution is 6.30. The summed E-state index contributed by atoms with van der Waals surface area (Å²) in [4.78, 5) is 38.8. The highest BCUT2D eigenvalue weighted by Gasteiger charge is 2.25. The molecule has 1 aromatic carbocycles. The summed E-state index contributed by atoms with van der Waals surface area (Å²) in [6.45, 7) is 5.05. The predicted molar refractivity (Wildman–Crippen MR) is 98.8 cm³/mol. The number of ketones is 1. The number of aromatic nitrogens is 1. The number of aliphatic carboxylic acids is 1. The molecule has 6 nitrogen and oxygen atoms in total. The summed E-state index contributed by atoms with van der Waals surface area (Å²) >= 11 is 5.87. The Bertz CT molecular complexity index is 840. The van der Waals surface area contributed by atoms with Gasteiger partial charge in [-0.3, -0.25) is 14.4 Å². The molecular formula is C19H21ClN2O4.